The Hall–Kier alpha value is -1.58. The second kappa shape index (κ2) is 6.73. The Kier molecular flexibility index (Phi) is 4.99. The molecule has 0 aliphatic rings. The van der Waals surface area contributed by atoms with E-state index < -0.39 is 0 Å². The fourth-order valence-corrected chi connectivity index (χ4v) is 2.23. The molecule has 0 radical (unpaired) electrons. The lowest BCUT2D eigenvalue weighted by molar-refractivity contribution is 0.102. The van der Waals surface area contributed by atoms with Crippen LogP contribution in [0, 0.1) is 0 Å². The van der Waals surface area contributed by atoms with Gasteiger partial charge in [0.2, 0.25) is 0 Å². The summed E-state index contributed by atoms with van der Waals surface area (Å²) in [5.74, 6) is -0.250. The quantitative estimate of drug-likeness (QED) is 0.839. The number of hydrogen-bond acceptors (Lipinski definition) is 2. The monoisotopic (exact) mass is 308 g/mol. The van der Waals surface area contributed by atoms with Crippen molar-refractivity contribution in [2.24, 2.45) is 0 Å². The molecule has 3 nitrogen and oxygen atoms in total. The zero-order valence-electron chi connectivity index (χ0n) is 11.0. The molecule has 0 fully saturated rings. The molecule has 0 aliphatic carbocycles. The van der Waals surface area contributed by atoms with Crippen molar-refractivity contribution in [3.05, 3.63) is 57.8 Å². The van der Waals surface area contributed by atoms with E-state index in [4.69, 9.17) is 23.2 Å². The van der Waals surface area contributed by atoms with E-state index in [9.17, 15) is 4.79 Å². The van der Waals surface area contributed by atoms with Crippen molar-refractivity contribution in [2.75, 3.05) is 5.32 Å². The molecule has 0 bridgehead atoms. The fourth-order valence-electron chi connectivity index (χ4n) is 1.82. The minimum absolute atomic E-state index is 0.250. The van der Waals surface area contributed by atoms with E-state index >= 15 is 0 Å². The molecular weight excluding hydrogens is 295 g/mol. The lowest BCUT2D eigenvalue weighted by atomic mass is 10.1. The number of aromatic nitrogens is 1. The summed E-state index contributed by atoms with van der Waals surface area (Å²) in [6.45, 7) is 2.05. The summed E-state index contributed by atoms with van der Waals surface area (Å²) in [7, 11) is 0. The maximum Gasteiger partial charge on any atom is 0.255 e. The van der Waals surface area contributed by atoms with E-state index in [-0.39, 0.29) is 5.91 Å². The number of anilines is 1. The first-order valence-electron chi connectivity index (χ1n) is 6.32. The number of nitrogens with zero attached hydrogens (tertiary/aromatic N) is 1. The molecular formula is C15H14Cl2N2O. The van der Waals surface area contributed by atoms with Crippen molar-refractivity contribution in [1.29, 1.82) is 0 Å². The van der Waals surface area contributed by atoms with Crippen molar-refractivity contribution in [3.63, 3.8) is 0 Å². The van der Waals surface area contributed by atoms with E-state index in [0.717, 1.165) is 18.5 Å². The van der Waals surface area contributed by atoms with Crippen LogP contribution < -0.4 is 5.32 Å². The van der Waals surface area contributed by atoms with Gasteiger partial charge in [-0.1, -0.05) is 48.7 Å². The molecule has 1 aromatic carbocycles. The summed E-state index contributed by atoms with van der Waals surface area (Å²) in [5.41, 5.74) is 1.86. The van der Waals surface area contributed by atoms with Crippen LogP contribution in [0.5, 0.6) is 0 Å². The molecule has 0 saturated heterocycles. The lowest BCUT2D eigenvalue weighted by Gasteiger charge is -2.08. The number of hydrogen-bond donors (Lipinski definition) is 1. The third kappa shape index (κ3) is 3.71. The lowest BCUT2D eigenvalue weighted by Crippen LogP contribution is -2.13. The van der Waals surface area contributed by atoms with Crippen molar-refractivity contribution in [2.45, 2.75) is 19.8 Å². The minimum Gasteiger partial charge on any atom is -0.321 e. The summed E-state index contributed by atoms with van der Waals surface area (Å²) < 4.78 is 0. The summed E-state index contributed by atoms with van der Waals surface area (Å²) in [6.07, 6.45) is 1.73. The number of benzene rings is 1. The van der Waals surface area contributed by atoms with E-state index in [0.29, 0.717) is 21.4 Å². The van der Waals surface area contributed by atoms with Gasteiger partial charge in [0.05, 0.1) is 10.7 Å². The van der Waals surface area contributed by atoms with Crippen LogP contribution in [0.2, 0.25) is 10.2 Å². The van der Waals surface area contributed by atoms with Crippen LogP contribution in [0.4, 0.5) is 5.69 Å². The molecule has 0 saturated carbocycles. The Morgan fingerprint density at radius 2 is 2.00 bits per heavy atom. The van der Waals surface area contributed by atoms with E-state index in [2.05, 4.69) is 10.3 Å². The van der Waals surface area contributed by atoms with Crippen LogP contribution >= 0.6 is 23.2 Å². The molecule has 0 unspecified atom stereocenters. The predicted molar refractivity (Wildman–Crippen MR) is 82.6 cm³/mol. The van der Waals surface area contributed by atoms with E-state index in [1.807, 2.05) is 13.0 Å². The van der Waals surface area contributed by atoms with Gasteiger partial charge in [0.25, 0.3) is 5.91 Å². The molecule has 0 aliphatic heterocycles. The smallest absolute Gasteiger partial charge is 0.255 e. The molecule has 1 aromatic heterocycles. The molecule has 20 heavy (non-hydrogen) atoms. The Morgan fingerprint density at radius 3 is 2.70 bits per heavy atom. The summed E-state index contributed by atoms with van der Waals surface area (Å²) in [6, 6.07) is 10.4. The number of nitrogens with one attached hydrogen (secondary N) is 1. The highest BCUT2D eigenvalue weighted by Crippen LogP contribution is 2.22. The Bertz CT molecular complexity index is 629. The molecule has 2 rings (SSSR count). The first-order chi connectivity index (χ1) is 9.60. The van der Waals surface area contributed by atoms with Gasteiger partial charge in [-0.3, -0.25) is 4.79 Å². The van der Waals surface area contributed by atoms with Gasteiger partial charge in [-0.25, -0.2) is 4.98 Å². The average Bonchev–Trinajstić information content (AvgIpc) is 2.41. The second-order valence-corrected chi connectivity index (χ2v) is 5.15. The number of carbonyl (C=O) groups is 1. The highest BCUT2D eigenvalue weighted by molar-refractivity contribution is 6.34. The number of pyridine rings is 1. The second-order valence-electron chi connectivity index (χ2n) is 4.35. The highest BCUT2D eigenvalue weighted by atomic mass is 35.5. The number of rotatable bonds is 4. The Balaban J connectivity index is 2.23. The molecule has 1 N–H and O–H groups in total. The van der Waals surface area contributed by atoms with Gasteiger partial charge < -0.3 is 5.32 Å². The van der Waals surface area contributed by atoms with Crippen LogP contribution in [-0.4, -0.2) is 10.9 Å². The minimum atomic E-state index is -0.250. The average molecular weight is 309 g/mol. The fraction of sp³-hybridized carbons (Fsp3) is 0.200. The molecule has 1 heterocycles. The summed E-state index contributed by atoms with van der Waals surface area (Å²) >= 11 is 12.0. The van der Waals surface area contributed by atoms with Gasteiger partial charge >= 0.3 is 0 Å². The van der Waals surface area contributed by atoms with Crippen LogP contribution in [-0.2, 0) is 6.42 Å². The highest BCUT2D eigenvalue weighted by Gasteiger charge is 2.11. The number of carbonyl (C=O) groups excluding carboxylic acids is 1. The SMILES string of the molecule is CCCc1cc(C(=O)Nc2ccccc2Cl)cc(Cl)n1. The van der Waals surface area contributed by atoms with E-state index in [1.54, 1.807) is 30.3 Å². The molecule has 0 spiro atoms. The maximum atomic E-state index is 12.2. The van der Waals surface area contributed by atoms with Gasteiger partial charge in [0, 0.05) is 11.3 Å². The molecule has 1 amide bonds. The van der Waals surface area contributed by atoms with Crippen LogP contribution in [0.25, 0.3) is 0 Å². The van der Waals surface area contributed by atoms with Gasteiger partial charge in [0.15, 0.2) is 0 Å². The van der Waals surface area contributed by atoms with Crippen molar-refractivity contribution in [3.8, 4) is 0 Å². The van der Waals surface area contributed by atoms with Crippen LogP contribution in [0.1, 0.15) is 29.4 Å². The maximum absolute atomic E-state index is 12.2. The standard InChI is InChI=1S/C15H14Cl2N2O/c1-2-5-11-8-10(9-14(17)18-11)15(20)19-13-7-4-3-6-12(13)16/h3-4,6-9H,2,5H2,1H3,(H,19,20). The first kappa shape index (κ1) is 14.8. The molecule has 5 heteroatoms. The first-order valence-corrected chi connectivity index (χ1v) is 7.08. The van der Waals surface area contributed by atoms with Crippen LogP contribution in [0.15, 0.2) is 36.4 Å². The van der Waals surface area contributed by atoms with Crippen molar-refractivity contribution >= 4 is 34.8 Å². The van der Waals surface area contributed by atoms with Gasteiger partial charge in [-0.15, -0.1) is 0 Å². The summed E-state index contributed by atoms with van der Waals surface area (Å²) in [5, 5.41) is 3.58. The third-order valence-electron chi connectivity index (χ3n) is 2.74. The Labute approximate surface area is 127 Å². The van der Waals surface area contributed by atoms with Gasteiger partial charge in [-0.2, -0.15) is 0 Å². The number of para-hydroxylation sites is 1. The zero-order valence-corrected chi connectivity index (χ0v) is 12.5. The number of aryl methyl sites for hydroxylation is 1. The van der Waals surface area contributed by atoms with Gasteiger partial charge in [0.1, 0.15) is 5.15 Å². The largest absolute Gasteiger partial charge is 0.321 e. The number of halogens is 2. The normalized spacial score (nSPS) is 10.3. The molecule has 2 aromatic rings. The molecule has 104 valence electrons. The zero-order chi connectivity index (χ0) is 14.5. The third-order valence-corrected chi connectivity index (χ3v) is 3.26. The van der Waals surface area contributed by atoms with Crippen LogP contribution in [0.3, 0.4) is 0 Å². The number of amides is 1. The van der Waals surface area contributed by atoms with Crippen molar-refractivity contribution in [1.82, 2.24) is 4.98 Å². The molecule has 0 atom stereocenters. The summed E-state index contributed by atoms with van der Waals surface area (Å²) in [4.78, 5) is 16.4. The van der Waals surface area contributed by atoms with Gasteiger partial charge in [-0.05, 0) is 30.7 Å². The predicted octanol–water partition coefficient (Wildman–Crippen LogP) is 4.59. The van der Waals surface area contributed by atoms with E-state index in [1.165, 1.54) is 0 Å². The van der Waals surface area contributed by atoms with Crippen molar-refractivity contribution < 1.29 is 4.79 Å². The topological polar surface area (TPSA) is 42.0 Å². The Morgan fingerprint density at radius 1 is 1.25 bits per heavy atom.